The maximum Gasteiger partial charge on any atom is 0.387 e. The molecule has 0 N–H and O–H groups in total. The minimum absolute atomic E-state index is 0.105. The van der Waals surface area contributed by atoms with Crippen molar-refractivity contribution in [2.45, 2.75) is 52.6 Å². The van der Waals surface area contributed by atoms with Crippen LogP contribution < -0.4 is 9.47 Å². The van der Waals surface area contributed by atoms with Crippen molar-refractivity contribution < 1.29 is 18.3 Å². The maximum atomic E-state index is 12.7. The zero-order valence-electron chi connectivity index (χ0n) is 15.5. The van der Waals surface area contributed by atoms with E-state index in [0.717, 1.165) is 24.8 Å². The number of rotatable bonds is 8. The van der Waals surface area contributed by atoms with E-state index in [-0.39, 0.29) is 11.7 Å². The van der Waals surface area contributed by atoms with Crippen LogP contribution in [0.2, 0.25) is 0 Å². The van der Waals surface area contributed by atoms with E-state index in [1.165, 1.54) is 16.7 Å². The summed E-state index contributed by atoms with van der Waals surface area (Å²) in [6, 6.07) is 5.28. The molecule has 1 fully saturated rings. The Balaban J connectivity index is 1.80. The van der Waals surface area contributed by atoms with E-state index in [9.17, 15) is 8.78 Å². The molecule has 0 unspecified atom stereocenters. The van der Waals surface area contributed by atoms with Crippen molar-refractivity contribution in [2.24, 2.45) is 5.92 Å². The summed E-state index contributed by atoms with van der Waals surface area (Å²) in [6.07, 6.45) is 6.89. The molecule has 1 atom stereocenters. The molecule has 1 aromatic heterocycles. The van der Waals surface area contributed by atoms with Crippen LogP contribution in [-0.2, 0) is 6.42 Å². The highest BCUT2D eigenvalue weighted by Crippen LogP contribution is 2.36. The van der Waals surface area contributed by atoms with Crippen molar-refractivity contribution in [1.29, 1.82) is 0 Å². The minimum atomic E-state index is -2.86. The topological polar surface area (TPSA) is 31.4 Å². The second-order valence-electron chi connectivity index (χ2n) is 7.20. The number of pyridine rings is 1. The van der Waals surface area contributed by atoms with E-state index in [1.807, 2.05) is 24.5 Å². The Morgan fingerprint density at radius 3 is 2.42 bits per heavy atom. The lowest BCUT2D eigenvalue weighted by molar-refractivity contribution is -0.0515. The van der Waals surface area contributed by atoms with Crippen LogP contribution in [0.4, 0.5) is 8.78 Å². The summed E-state index contributed by atoms with van der Waals surface area (Å²) in [7, 11) is 0. The molecule has 3 rings (SSSR count). The molecule has 140 valence electrons. The highest BCUT2D eigenvalue weighted by Gasteiger charge is 2.23. The molecule has 0 amide bonds. The van der Waals surface area contributed by atoms with Gasteiger partial charge in [0.2, 0.25) is 0 Å². The third kappa shape index (κ3) is 4.71. The third-order valence-electron chi connectivity index (χ3n) is 4.92. The average Bonchev–Trinajstić information content (AvgIpc) is 3.41. The van der Waals surface area contributed by atoms with Crippen LogP contribution in [0.3, 0.4) is 0 Å². The van der Waals surface area contributed by atoms with E-state index in [4.69, 9.17) is 4.74 Å². The lowest BCUT2D eigenvalue weighted by Gasteiger charge is -2.18. The Hall–Kier alpha value is -2.17. The van der Waals surface area contributed by atoms with E-state index in [1.54, 1.807) is 6.07 Å². The second kappa shape index (κ2) is 8.02. The number of hydrogen-bond acceptors (Lipinski definition) is 3. The number of aromatic nitrogens is 1. The third-order valence-corrected chi connectivity index (χ3v) is 4.92. The Morgan fingerprint density at radius 2 is 1.81 bits per heavy atom. The fourth-order valence-corrected chi connectivity index (χ4v) is 3.10. The quantitative estimate of drug-likeness (QED) is 0.628. The number of alkyl halides is 2. The number of aryl methyl sites for hydroxylation is 2. The van der Waals surface area contributed by atoms with Crippen LogP contribution in [0.1, 0.15) is 47.9 Å². The van der Waals surface area contributed by atoms with Crippen LogP contribution in [0.5, 0.6) is 11.5 Å². The summed E-state index contributed by atoms with van der Waals surface area (Å²) in [5, 5.41) is 0. The number of halogens is 2. The first-order chi connectivity index (χ1) is 12.4. The number of nitrogens with zero attached hydrogens (tertiary/aromatic N) is 1. The SMILES string of the molecule is Cc1cncc(C)c1C[C@H](C)c1ccc(OC(F)F)c(OCC2CC2)c1. The van der Waals surface area contributed by atoms with Crippen molar-refractivity contribution in [1.82, 2.24) is 4.98 Å². The van der Waals surface area contributed by atoms with Crippen molar-refractivity contribution in [3.63, 3.8) is 0 Å². The molecule has 0 aliphatic heterocycles. The van der Waals surface area contributed by atoms with Gasteiger partial charge in [-0.2, -0.15) is 8.78 Å². The van der Waals surface area contributed by atoms with Gasteiger partial charge in [-0.05, 0) is 79.3 Å². The highest BCUT2D eigenvalue weighted by molar-refractivity contribution is 5.44. The smallest absolute Gasteiger partial charge is 0.387 e. The minimum Gasteiger partial charge on any atom is -0.489 e. The Bertz CT molecular complexity index is 739. The monoisotopic (exact) mass is 361 g/mol. The maximum absolute atomic E-state index is 12.7. The molecule has 0 saturated heterocycles. The summed E-state index contributed by atoms with van der Waals surface area (Å²) in [5.74, 6) is 1.27. The fraction of sp³-hybridized carbons (Fsp3) is 0.476. The molecule has 1 aliphatic carbocycles. The van der Waals surface area contributed by atoms with Crippen LogP contribution in [0, 0.1) is 19.8 Å². The zero-order chi connectivity index (χ0) is 18.7. The van der Waals surface area contributed by atoms with Crippen LogP contribution >= 0.6 is 0 Å². The number of benzene rings is 1. The van der Waals surface area contributed by atoms with Gasteiger partial charge in [0, 0.05) is 12.4 Å². The summed E-state index contributed by atoms with van der Waals surface area (Å²) >= 11 is 0. The molecular weight excluding hydrogens is 336 g/mol. The van der Waals surface area contributed by atoms with Gasteiger partial charge in [0.15, 0.2) is 11.5 Å². The standard InChI is InChI=1S/C21H25F2NO2/c1-13(8-18-14(2)10-24-11-15(18)3)17-6-7-19(26-21(22)23)20(9-17)25-12-16-4-5-16/h6-7,9-11,13,16,21H,4-5,8,12H2,1-3H3/t13-/m0/s1. The molecule has 1 saturated carbocycles. The summed E-state index contributed by atoms with van der Waals surface area (Å²) in [4.78, 5) is 4.22. The summed E-state index contributed by atoms with van der Waals surface area (Å²) in [6.45, 7) is 3.95. The fourth-order valence-electron chi connectivity index (χ4n) is 3.10. The van der Waals surface area contributed by atoms with Crippen molar-refractivity contribution in [3.05, 3.63) is 52.8 Å². The van der Waals surface area contributed by atoms with E-state index >= 15 is 0 Å². The van der Waals surface area contributed by atoms with Crippen LogP contribution in [0.15, 0.2) is 30.6 Å². The van der Waals surface area contributed by atoms with Crippen LogP contribution in [0.25, 0.3) is 0 Å². The Morgan fingerprint density at radius 1 is 1.12 bits per heavy atom. The largest absolute Gasteiger partial charge is 0.489 e. The molecule has 0 radical (unpaired) electrons. The van der Waals surface area contributed by atoms with Gasteiger partial charge in [0.05, 0.1) is 6.61 Å². The van der Waals surface area contributed by atoms with Gasteiger partial charge in [-0.25, -0.2) is 0 Å². The first-order valence-corrected chi connectivity index (χ1v) is 9.05. The first kappa shape index (κ1) is 18.6. The van der Waals surface area contributed by atoms with Gasteiger partial charge in [-0.15, -0.1) is 0 Å². The molecule has 0 bridgehead atoms. The van der Waals surface area contributed by atoms with Gasteiger partial charge < -0.3 is 9.47 Å². The van der Waals surface area contributed by atoms with Gasteiger partial charge in [0.1, 0.15) is 0 Å². The number of hydrogen-bond donors (Lipinski definition) is 0. The molecule has 26 heavy (non-hydrogen) atoms. The van der Waals surface area contributed by atoms with Crippen molar-refractivity contribution in [3.8, 4) is 11.5 Å². The van der Waals surface area contributed by atoms with Gasteiger partial charge in [-0.1, -0.05) is 13.0 Å². The number of ether oxygens (including phenoxy) is 2. The zero-order valence-corrected chi connectivity index (χ0v) is 15.5. The summed E-state index contributed by atoms with van der Waals surface area (Å²) < 4.78 is 35.7. The predicted molar refractivity (Wildman–Crippen MR) is 97.1 cm³/mol. The summed E-state index contributed by atoms with van der Waals surface area (Å²) in [5.41, 5.74) is 4.66. The molecule has 2 aromatic rings. The van der Waals surface area contributed by atoms with Gasteiger partial charge >= 0.3 is 6.61 Å². The predicted octanol–water partition coefficient (Wildman–Crippen LogP) is 5.43. The molecule has 5 heteroatoms. The molecule has 1 aliphatic rings. The van der Waals surface area contributed by atoms with E-state index in [2.05, 4.69) is 30.5 Å². The van der Waals surface area contributed by atoms with E-state index < -0.39 is 6.61 Å². The lowest BCUT2D eigenvalue weighted by Crippen LogP contribution is -2.08. The Kier molecular flexibility index (Phi) is 5.74. The van der Waals surface area contributed by atoms with Crippen molar-refractivity contribution in [2.75, 3.05) is 6.61 Å². The highest BCUT2D eigenvalue weighted by atomic mass is 19.3. The Labute approximate surface area is 153 Å². The molecular formula is C21H25F2NO2. The normalized spacial score (nSPS) is 15.2. The molecule has 0 spiro atoms. The first-order valence-electron chi connectivity index (χ1n) is 9.05. The molecule has 3 nitrogen and oxygen atoms in total. The van der Waals surface area contributed by atoms with Crippen LogP contribution in [-0.4, -0.2) is 18.2 Å². The molecule has 1 aromatic carbocycles. The molecule has 1 heterocycles. The van der Waals surface area contributed by atoms with E-state index in [0.29, 0.717) is 18.3 Å². The average molecular weight is 361 g/mol. The second-order valence-corrected chi connectivity index (χ2v) is 7.20. The van der Waals surface area contributed by atoms with Crippen molar-refractivity contribution >= 4 is 0 Å². The lowest BCUT2D eigenvalue weighted by atomic mass is 9.90. The van der Waals surface area contributed by atoms with Gasteiger partial charge in [0.25, 0.3) is 0 Å². The van der Waals surface area contributed by atoms with Gasteiger partial charge in [-0.3, -0.25) is 4.98 Å².